The van der Waals surface area contributed by atoms with Crippen LogP contribution in [0, 0.1) is 0 Å². The summed E-state index contributed by atoms with van der Waals surface area (Å²) in [7, 11) is 0. The molecule has 0 aromatic carbocycles. The van der Waals surface area contributed by atoms with Crippen molar-refractivity contribution in [3.63, 3.8) is 0 Å². The van der Waals surface area contributed by atoms with Gasteiger partial charge in [-0.2, -0.15) is 0 Å². The lowest BCUT2D eigenvalue weighted by Crippen LogP contribution is -2.03. The van der Waals surface area contributed by atoms with Crippen LogP contribution in [0.5, 0.6) is 0 Å². The van der Waals surface area contributed by atoms with Crippen LogP contribution in [0.15, 0.2) is 0 Å². The molecule has 6 heteroatoms. The van der Waals surface area contributed by atoms with E-state index in [0.29, 0.717) is 6.42 Å². The van der Waals surface area contributed by atoms with Crippen molar-refractivity contribution in [1.82, 2.24) is 0 Å². The number of carboxylic acids is 3. The molecule has 3 N–H and O–H groups in total. The largest absolute Gasteiger partial charge is 0.481 e. The summed E-state index contributed by atoms with van der Waals surface area (Å²) in [4.78, 5) is 29.2. The molecule has 0 saturated heterocycles. The molecule has 0 amide bonds. The second-order valence-corrected chi connectivity index (χ2v) is 7.06. The molecule has 0 heterocycles. The molecule has 0 aliphatic heterocycles. The zero-order chi connectivity index (χ0) is 20.8. The summed E-state index contributed by atoms with van der Waals surface area (Å²) in [6, 6.07) is 0. The zero-order valence-corrected chi connectivity index (χ0v) is 17.1. The lowest BCUT2D eigenvalue weighted by atomic mass is 10.0. The molecule has 0 aromatic rings. The van der Waals surface area contributed by atoms with Gasteiger partial charge in [0.25, 0.3) is 0 Å². The van der Waals surface area contributed by atoms with E-state index in [9.17, 15) is 14.4 Å². The summed E-state index contributed by atoms with van der Waals surface area (Å²) in [5.41, 5.74) is 0. The third-order valence-corrected chi connectivity index (χ3v) is 4.30. The van der Waals surface area contributed by atoms with Gasteiger partial charge in [-0.15, -0.1) is 0 Å². The molecule has 0 radical (unpaired) electrons. The van der Waals surface area contributed by atoms with Crippen molar-refractivity contribution in [2.24, 2.45) is 0 Å². The molecule has 0 unspecified atom stereocenters. The minimum atomic E-state index is -1.31. The highest BCUT2D eigenvalue weighted by molar-refractivity contribution is 5.88. The number of aliphatic carboxylic acids is 3. The minimum Gasteiger partial charge on any atom is -0.481 e. The Morgan fingerprint density at radius 2 is 0.778 bits per heavy atom. The molecule has 0 bridgehead atoms. The molecule has 0 aromatic heterocycles. The average molecular weight is 389 g/mol. The Morgan fingerprint density at radius 1 is 0.481 bits per heavy atom. The SMILES string of the molecule is CCCCCCCCCCCCCCCCCC(=O)O.O=C(O)CC(=O)O. The van der Waals surface area contributed by atoms with Gasteiger partial charge in [-0.25, -0.2) is 0 Å². The second-order valence-electron chi connectivity index (χ2n) is 7.06. The van der Waals surface area contributed by atoms with Crippen LogP contribution in [-0.4, -0.2) is 33.2 Å². The second kappa shape index (κ2) is 22.5. The number of hydrogen-bond acceptors (Lipinski definition) is 3. The Hall–Kier alpha value is -1.59. The Kier molecular flexibility index (Phi) is 23.0. The van der Waals surface area contributed by atoms with E-state index in [2.05, 4.69) is 6.92 Å². The molecular weight excluding hydrogens is 348 g/mol. The van der Waals surface area contributed by atoms with Gasteiger partial charge >= 0.3 is 17.9 Å². The molecule has 0 rings (SSSR count). The van der Waals surface area contributed by atoms with Crippen molar-refractivity contribution in [3.8, 4) is 0 Å². The number of rotatable bonds is 18. The van der Waals surface area contributed by atoms with Gasteiger partial charge in [0.1, 0.15) is 6.42 Å². The van der Waals surface area contributed by atoms with E-state index in [1.54, 1.807) is 0 Å². The summed E-state index contributed by atoms with van der Waals surface area (Å²) in [6.45, 7) is 2.27. The van der Waals surface area contributed by atoms with Gasteiger partial charge in [0.05, 0.1) is 0 Å². The smallest absolute Gasteiger partial charge is 0.314 e. The van der Waals surface area contributed by atoms with E-state index in [1.165, 1.54) is 83.5 Å². The maximum Gasteiger partial charge on any atom is 0.314 e. The molecular formula is C21H40O6. The van der Waals surface area contributed by atoms with E-state index in [4.69, 9.17) is 15.3 Å². The predicted octanol–water partition coefficient (Wildman–Crippen LogP) is 5.88. The van der Waals surface area contributed by atoms with Gasteiger partial charge in [-0.1, -0.05) is 96.8 Å². The Morgan fingerprint density at radius 3 is 1.00 bits per heavy atom. The van der Waals surface area contributed by atoms with Gasteiger partial charge < -0.3 is 15.3 Å². The molecule has 0 aliphatic carbocycles. The summed E-state index contributed by atoms with van der Waals surface area (Å²) >= 11 is 0. The monoisotopic (exact) mass is 388 g/mol. The van der Waals surface area contributed by atoms with Crippen LogP contribution in [0.3, 0.4) is 0 Å². The highest BCUT2D eigenvalue weighted by Gasteiger charge is 2.01. The average Bonchev–Trinajstić information content (AvgIpc) is 2.57. The Balaban J connectivity index is 0. The first-order valence-electron chi connectivity index (χ1n) is 10.6. The van der Waals surface area contributed by atoms with Crippen LogP contribution in [0.4, 0.5) is 0 Å². The van der Waals surface area contributed by atoms with Gasteiger partial charge in [0.15, 0.2) is 0 Å². The first kappa shape index (κ1) is 27.6. The van der Waals surface area contributed by atoms with Gasteiger partial charge in [0.2, 0.25) is 0 Å². The summed E-state index contributed by atoms with van der Waals surface area (Å²) < 4.78 is 0. The first-order valence-corrected chi connectivity index (χ1v) is 10.6. The highest BCUT2D eigenvalue weighted by atomic mass is 16.4. The van der Waals surface area contributed by atoms with Crippen molar-refractivity contribution in [1.29, 1.82) is 0 Å². The number of carbonyl (C=O) groups is 3. The van der Waals surface area contributed by atoms with Gasteiger partial charge in [0, 0.05) is 6.42 Å². The third kappa shape index (κ3) is 32.5. The lowest BCUT2D eigenvalue weighted by Gasteiger charge is -2.03. The van der Waals surface area contributed by atoms with Gasteiger partial charge in [-0.05, 0) is 6.42 Å². The van der Waals surface area contributed by atoms with Crippen LogP contribution >= 0.6 is 0 Å². The molecule has 160 valence electrons. The van der Waals surface area contributed by atoms with E-state index in [1.807, 2.05) is 0 Å². The molecule has 0 spiro atoms. The number of unbranched alkanes of at least 4 members (excludes halogenated alkanes) is 14. The van der Waals surface area contributed by atoms with Gasteiger partial charge in [-0.3, -0.25) is 14.4 Å². The number of carboxylic acid groups (broad SMARTS) is 3. The van der Waals surface area contributed by atoms with E-state index >= 15 is 0 Å². The maximum absolute atomic E-state index is 10.3. The molecule has 6 nitrogen and oxygen atoms in total. The minimum absolute atomic E-state index is 0.345. The molecule has 0 atom stereocenters. The van der Waals surface area contributed by atoms with Crippen LogP contribution in [0.1, 0.15) is 116 Å². The topological polar surface area (TPSA) is 112 Å². The van der Waals surface area contributed by atoms with Crippen LogP contribution < -0.4 is 0 Å². The van der Waals surface area contributed by atoms with Crippen molar-refractivity contribution in [2.45, 2.75) is 116 Å². The fourth-order valence-electron chi connectivity index (χ4n) is 2.78. The van der Waals surface area contributed by atoms with Crippen LogP contribution in [0.2, 0.25) is 0 Å². The first-order chi connectivity index (χ1) is 12.9. The standard InChI is InChI=1S/C18H36O2.C3H4O4/c1-2-3-4-5-6-7-8-9-10-11-12-13-14-15-16-17-18(19)20;4-2(5)1-3(6)7/h2-17H2,1H3,(H,19,20);1H2,(H,4,5)(H,6,7). The van der Waals surface area contributed by atoms with E-state index in [-0.39, 0.29) is 0 Å². The molecule has 27 heavy (non-hydrogen) atoms. The molecule has 0 aliphatic rings. The fourth-order valence-corrected chi connectivity index (χ4v) is 2.78. The zero-order valence-electron chi connectivity index (χ0n) is 17.1. The van der Waals surface area contributed by atoms with Crippen molar-refractivity contribution in [2.75, 3.05) is 0 Å². The predicted molar refractivity (Wildman–Crippen MR) is 107 cm³/mol. The Bertz CT molecular complexity index is 356. The Labute approximate surface area is 164 Å². The maximum atomic E-state index is 10.3. The van der Waals surface area contributed by atoms with Crippen molar-refractivity contribution >= 4 is 17.9 Å². The lowest BCUT2D eigenvalue weighted by molar-refractivity contribution is -0.147. The summed E-state index contributed by atoms with van der Waals surface area (Å²) in [5.74, 6) is -3.28. The van der Waals surface area contributed by atoms with Crippen LogP contribution in [0.25, 0.3) is 0 Å². The molecule has 0 fully saturated rings. The summed E-state index contributed by atoms with van der Waals surface area (Å²) in [5, 5.41) is 23.9. The highest BCUT2D eigenvalue weighted by Crippen LogP contribution is 2.13. The van der Waals surface area contributed by atoms with Crippen molar-refractivity contribution in [3.05, 3.63) is 0 Å². The van der Waals surface area contributed by atoms with Crippen molar-refractivity contribution < 1.29 is 29.7 Å². The summed E-state index contributed by atoms with van der Waals surface area (Å²) in [6.07, 6.45) is 19.4. The van der Waals surface area contributed by atoms with Crippen LogP contribution in [-0.2, 0) is 14.4 Å². The number of hydrogen-bond donors (Lipinski definition) is 3. The normalized spacial score (nSPS) is 10.1. The van der Waals surface area contributed by atoms with E-state index in [0.717, 1.165) is 12.8 Å². The van der Waals surface area contributed by atoms with E-state index < -0.39 is 24.3 Å². The fraction of sp³-hybridized carbons (Fsp3) is 0.857. The molecule has 0 saturated carbocycles. The quantitative estimate of drug-likeness (QED) is 0.200. The third-order valence-electron chi connectivity index (χ3n) is 4.30.